The van der Waals surface area contributed by atoms with Crippen LogP contribution in [0.4, 0.5) is 8.78 Å². The highest BCUT2D eigenvalue weighted by Gasteiger charge is 2.75. The van der Waals surface area contributed by atoms with E-state index in [0.29, 0.717) is 12.8 Å². The lowest BCUT2D eigenvalue weighted by molar-refractivity contribution is -0.147. The molecule has 2 aliphatic carbocycles. The number of aliphatic carboxylic acids is 1. The molecule has 1 aromatic carbocycles. The van der Waals surface area contributed by atoms with Gasteiger partial charge < -0.3 is 5.11 Å². The number of carboxylic acids is 1. The Labute approximate surface area is 121 Å². The van der Waals surface area contributed by atoms with Gasteiger partial charge in [-0.05, 0) is 48.9 Å². The monoisotopic (exact) mass is 294 g/mol. The average Bonchev–Trinajstić information content (AvgIpc) is 2.99. The third-order valence-electron chi connectivity index (χ3n) is 5.21. The molecule has 112 valence electrons. The number of Topliss-reactive ketones (excluding diaryl/α,β-unsaturated/α-hetero) is 1. The molecular formula is C16H16F2O3. The predicted octanol–water partition coefficient (Wildman–Crippen LogP) is 2.82. The van der Waals surface area contributed by atoms with Crippen LogP contribution in [0.15, 0.2) is 18.2 Å². The molecule has 4 atom stereocenters. The number of hydrogen-bond acceptors (Lipinski definition) is 2. The van der Waals surface area contributed by atoms with Gasteiger partial charge >= 0.3 is 5.97 Å². The van der Waals surface area contributed by atoms with Crippen molar-refractivity contribution in [1.29, 1.82) is 0 Å². The van der Waals surface area contributed by atoms with Crippen molar-refractivity contribution in [2.24, 2.45) is 23.2 Å². The van der Waals surface area contributed by atoms with Crippen molar-refractivity contribution in [3.05, 3.63) is 35.4 Å². The smallest absolute Gasteiger partial charge is 0.310 e. The largest absolute Gasteiger partial charge is 0.481 e. The number of hydrogen-bond donors (Lipinski definition) is 1. The first kappa shape index (κ1) is 14.2. The van der Waals surface area contributed by atoms with E-state index in [-0.39, 0.29) is 23.7 Å². The summed E-state index contributed by atoms with van der Waals surface area (Å²) in [6.07, 6.45) is 1.04. The maximum Gasteiger partial charge on any atom is 0.310 e. The van der Waals surface area contributed by atoms with Crippen LogP contribution in [0.3, 0.4) is 0 Å². The van der Waals surface area contributed by atoms with Crippen molar-refractivity contribution < 1.29 is 23.5 Å². The lowest BCUT2D eigenvalue weighted by atomic mass is 9.84. The molecule has 0 aromatic heterocycles. The van der Waals surface area contributed by atoms with Crippen LogP contribution in [0.25, 0.3) is 0 Å². The van der Waals surface area contributed by atoms with Crippen LogP contribution in [0.5, 0.6) is 0 Å². The molecule has 3 nitrogen and oxygen atoms in total. The second kappa shape index (κ2) is 4.61. The Hall–Kier alpha value is -1.78. The molecule has 2 saturated carbocycles. The summed E-state index contributed by atoms with van der Waals surface area (Å²) in [6, 6.07) is 3.20. The number of fused-ring (bicyclic) bond motifs is 1. The molecule has 0 amide bonds. The van der Waals surface area contributed by atoms with E-state index in [9.17, 15) is 23.5 Å². The van der Waals surface area contributed by atoms with Crippen LogP contribution in [-0.2, 0) is 16.0 Å². The molecule has 2 fully saturated rings. The van der Waals surface area contributed by atoms with Gasteiger partial charge in [-0.25, -0.2) is 8.78 Å². The van der Waals surface area contributed by atoms with E-state index in [1.807, 2.05) is 0 Å². The van der Waals surface area contributed by atoms with E-state index in [2.05, 4.69) is 0 Å². The highest BCUT2D eigenvalue weighted by atomic mass is 19.1. The fraction of sp³-hybridized carbons (Fsp3) is 0.500. The zero-order chi connectivity index (χ0) is 15.4. The standard InChI is InChI=1S/C16H16F2O3/c1-2-16(15(20)21)11-7-9(14(19)13(11)16)5-8-6-10(17)3-4-12(8)18/h3-4,6,9,11,13H,2,5,7H2,1H3,(H,20,21). The number of carbonyl (C=O) groups excluding carboxylic acids is 1. The van der Waals surface area contributed by atoms with Gasteiger partial charge in [0.1, 0.15) is 17.4 Å². The van der Waals surface area contributed by atoms with Crippen molar-refractivity contribution in [2.45, 2.75) is 26.2 Å². The SMILES string of the molecule is CCC1(C(=O)O)C2CC(Cc3cc(F)ccc3F)C(=O)C21. The van der Waals surface area contributed by atoms with Crippen molar-refractivity contribution in [3.63, 3.8) is 0 Å². The molecule has 0 bridgehead atoms. The Bertz CT molecular complexity index is 628. The minimum absolute atomic E-state index is 0.104. The summed E-state index contributed by atoms with van der Waals surface area (Å²) in [7, 11) is 0. The van der Waals surface area contributed by atoms with Gasteiger partial charge in [-0.3, -0.25) is 9.59 Å². The quantitative estimate of drug-likeness (QED) is 0.929. The summed E-state index contributed by atoms with van der Waals surface area (Å²) in [5, 5.41) is 9.32. The van der Waals surface area contributed by atoms with E-state index in [4.69, 9.17) is 0 Å². The molecule has 21 heavy (non-hydrogen) atoms. The van der Waals surface area contributed by atoms with Crippen LogP contribution < -0.4 is 0 Å². The Morgan fingerprint density at radius 2 is 2.14 bits per heavy atom. The Kier molecular flexibility index (Phi) is 3.11. The van der Waals surface area contributed by atoms with Crippen LogP contribution in [-0.4, -0.2) is 16.9 Å². The number of carbonyl (C=O) groups is 2. The number of halogens is 2. The van der Waals surface area contributed by atoms with Gasteiger partial charge in [0.2, 0.25) is 0 Å². The van der Waals surface area contributed by atoms with Gasteiger partial charge in [0, 0.05) is 11.8 Å². The molecule has 3 rings (SSSR count). The van der Waals surface area contributed by atoms with E-state index in [1.54, 1.807) is 6.92 Å². The molecule has 4 unspecified atom stereocenters. The zero-order valence-electron chi connectivity index (χ0n) is 11.6. The summed E-state index contributed by atoms with van der Waals surface area (Å²) >= 11 is 0. The first-order chi connectivity index (χ1) is 9.91. The first-order valence-corrected chi connectivity index (χ1v) is 7.12. The molecule has 0 radical (unpaired) electrons. The molecule has 0 heterocycles. The Balaban J connectivity index is 1.76. The molecule has 5 heteroatoms. The summed E-state index contributed by atoms with van der Waals surface area (Å²) in [5.41, 5.74) is -0.722. The molecule has 2 aliphatic rings. The van der Waals surface area contributed by atoms with Gasteiger partial charge in [0.15, 0.2) is 0 Å². The van der Waals surface area contributed by atoms with E-state index in [0.717, 1.165) is 18.2 Å². The van der Waals surface area contributed by atoms with E-state index >= 15 is 0 Å². The van der Waals surface area contributed by atoms with Crippen molar-refractivity contribution >= 4 is 11.8 Å². The number of ketones is 1. The summed E-state index contributed by atoms with van der Waals surface area (Å²) in [5.74, 6) is -3.05. The second-order valence-corrected chi connectivity index (χ2v) is 6.06. The second-order valence-electron chi connectivity index (χ2n) is 6.06. The van der Waals surface area contributed by atoms with Crippen LogP contribution >= 0.6 is 0 Å². The van der Waals surface area contributed by atoms with Gasteiger partial charge in [0.25, 0.3) is 0 Å². The molecule has 0 spiro atoms. The third-order valence-corrected chi connectivity index (χ3v) is 5.21. The maximum atomic E-state index is 13.6. The number of rotatable bonds is 4. The zero-order valence-corrected chi connectivity index (χ0v) is 11.6. The molecule has 0 aliphatic heterocycles. The van der Waals surface area contributed by atoms with Crippen LogP contribution in [0.2, 0.25) is 0 Å². The maximum absolute atomic E-state index is 13.6. The predicted molar refractivity (Wildman–Crippen MR) is 70.5 cm³/mol. The fourth-order valence-electron chi connectivity index (χ4n) is 4.07. The lowest BCUT2D eigenvalue weighted by Crippen LogP contribution is -2.28. The van der Waals surface area contributed by atoms with Gasteiger partial charge in [-0.15, -0.1) is 0 Å². The topological polar surface area (TPSA) is 54.4 Å². The lowest BCUT2D eigenvalue weighted by Gasteiger charge is -2.18. The van der Waals surface area contributed by atoms with Gasteiger partial charge in [-0.1, -0.05) is 6.92 Å². The van der Waals surface area contributed by atoms with Crippen LogP contribution in [0, 0.1) is 34.8 Å². The number of carboxylic acid groups (broad SMARTS) is 1. The highest BCUT2D eigenvalue weighted by molar-refractivity contribution is 5.98. The minimum Gasteiger partial charge on any atom is -0.481 e. The van der Waals surface area contributed by atoms with E-state index < -0.39 is 34.9 Å². The average molecular weight is 294 g/mol. The van der Waals surface area contributed by atoms with Crippen molar-refractivity contribution in [2.75, 3.05) is 0 Å². The first-order valence-electron chi connectivity index (χ1n) is 7.12. The van der Waals surface area contributed by atoms with Gasteiger partial charge in [0.05, 0.1) is 5.41 Å². The summed E-state index contributed by atoms with van der Waals surface area (Å²) < 4.78 is 26.8. The van der Waals surface area contributed by atoms with Crippen molar-refractivity contribution in [3.8, 4) is 0 Å². The number of benzene rings is 1. The minimum atomic E-state index is -0.913. The Morgan fingerprint density at radius 3 is 2.67 bits per heavy atom. The van der Waals surface area contributed by atoms with Crippen LogP contribution in [0.1, 0.15) is 25.3 Å². The summed E-state index contributed by atoms with van der Waals surface area (Å²) in [6.45, 7) is 1.78. The molecule has 0 saturated heterocycles. The highest BCUT2D eigenvalue weighted by Crippen LogP contribution is 2.69. The normalized spacial score (nSPS) is 33.9. The summed E-state index contributed by atoms with van der Waals surface area (Å²) in [4.78, 5) is 23.7. The fourth-order valence-corrected chi connectivity index (χ4v) is 4.07. The molecule has 1 N–H and O–H groups in total. The van der Waals surface area contributed by atoms with E-state index in [1.165, 1.54) is 0 Å². The third kappa shape index (κ3) is 1.90. The molecule has 1 aromatic rings. The van der Waals surface area contributed by atoms with Gasteiger partial charge in [-0.2, -0.15) is 0 Å². The Morgan fingerprint density at radius 1 is 1.43 bits per heavy atom. The van der Waals surface area contributed by atoms with Crippen molar-refractivity contribution in [1.82, 2.24) is 0 Å². The molecular weight excluding hydrogens is 278 g/mol.